The number of furan rings is 1. The van der Waals surface area contributed by atoms with Gasteiger partial charge < -0.3 is 19.0 Å². The van der Waals surface area contributed by atoms with Crippen molar-refractivity contribution < 1.29 is 23.5 Å². The molecule has 5 rings (SSSR count). The van der Waals surface area contributed by atoms with Gasteiger partial charge in [-0.3, -0.25) is 9.69 Å². The minimum absolute atomic E-state index is 0.0123. The molecule has 3 heterocycles. The van der Waals surface area contributed by atoms with Crippen molar-refractivity contribution in [3.8, 4) is 6.07 Å². The van der Waals surface area contributed by atoms with Crippen LogP contribution >= 0.6 is 0 Å². The predicted octanol–water partition coefficient (Wildman–Crippen LogP) is 4.34. The maximum absolute atomic E-state index is 13.1. The summed E-state index contributed by atoms with van der Waals surface area (Å²) in [6, 6.07) is 19.8. The molecule has 2 aromatic carbocycles. The maximum Gasteiger partial charge on any atom is 0.373 e. The topological polar surface area (TPSA) is 118 Å². The molecule has 9 nitrogen and oxygen atoms in total. The predicted molar refractivity (Wildman–Crippen MR) is 134 cm³/mol. The number of benzene rings is 2. The Morgan fingerprint density at radius 3 is 2.62 bits per heavy atom. The number of nitrogens with zero attached hydrogens (tertiary/aromatic N) is 3. The van der Waals surface area contributed by atoms with Crippen molar-refractivity contribution in [1.29, 1.82) is 5.26 Å². The highest BCUT2D eigenvalue weighted by molar-refractivity contribution is 6.14. The number of para-hydroxylation sites is 1. The maximum atomic E-state index is 13.1. The van der Waals surface area contributed by atoms with Crippen LogP contribution in [0.2, 0.25) is 0 Å². The lowest BCUT2D eigenvalue weighted by atomic mass is 10.1. The number of nitrogens with one attached hydrogen (secondary N) is 1. The molecule has 1 aliphatic heterocycles. The zero-order chi connectivity index (χ0) is 26.1. The molecule has 0 bridgehead atoms. The SMILES string of the molecule is COC(=O)c1ccc(CN2C(=O)NC(=Cc3c(C)n(Cc4ccccc4C#N)c4ccccc34)C2=O)o1. The Hall–Kier alpha value is -5.10. The van der Waals surface area contributed by atoms with E-state index in [0.717, 1.165) is 32.6 Å². The van der Waals surface area contributed by atoms with Crippen molar-refractivity contribution in [2.45, 2.75) is 20.0 Å². The van der Waals surface area contributed by atoms with Crippen LogP contribution in [0.4, 0.5) is 4.79 Å². The molecule has 37 heavy (non-hydrogen) atoms. The number of urea groups is 1. The number of aromatic nitrogens is 1. The van der Waals surface area contributed by atoms with Crippen molar-refractivity contribution in [2.24, 2.45) is 0 Å². The smallest absolute Gasteiger partial charge is 0.373 e. The van der Waals surface area contributed by atoms with Gasteiger partial charge in [-0.15, -0.1) is 0 Å². The number of carbonyl (C=O) groups excluding carboxylic acids is 3. The van der Waals surface area contributed by atoms with E-state index >= 15 is 0 Å². The molecule has 3 amide bonds. The van der Waals surface area contributed by atoms with Crippen molar-refractivity contribution in [2.75, 3.05) is 7.11 Å². The van der Waals surface area contributed by atoms with Crippen molar-refractivity contribution in [1.82, 2.24) is 14.8 Å². The molecule has 4 aromatic rings. The number of nitriles is 1. The van der Waals surface area contributed by atoms with Gasteiger partial charge in [-0.2, -0.15) is 5.26 Å². The zero-order valence-electron chi connectivity index (χ0n) is 20.1. The third kappa shape index (κ3) is 4.25. The number of ether oxygens (including phenoxy) is 1. The second-order valence-electron chi connectivity index (χ2n) is 8.51. The fourth-order valence-electron chi connectivity index (χ4n) is 4.47. The Balaban J connectivity index is 1.48. The second-order valence-corrected chi connectivity index (χ2v) is 8.51. The summed E-state index contributed by atoms with van der Waals surface area (Å²) in [6.07, 6.45) is 1.67. The lowest BCUT2D eigenvalue weighted by molar-refractivity contribution is -0.123. The van der Waals surface area contributed by atoms with Gasteiger partial charge in [0.25, 0.3) is 5.91 Å². The second kappa shape index (κ2) is 9.51. The van der Waals surface area contributed by atoms with Crippen molar-refractivity contribution in [3.63, 3.8) is 0 Å². The molecule has 0 spiro atoms. The van der Waals surface area contributed by atoms with Crippen LogP contribution in [0, 0.1) is 18.3 Å². The summed E-state index contributed by atoms with van der Waals surface area (Å²) in [5.74, 6) is -0.892. The third-order valence-corrected chi connectivity index (χ3v) is 6.36. The molecule has 1 N–H and O–H groups in total. The van der Waals surface area contributed by atoms with Gasteiger partial charge in [0.2, 0.25) is 5.76 Å². The zero-order valence-corrected chi connectivity index (χ0v) is 20.1. The summed E-state index contributed by atoms with van der Waals surface area (Å²) >= 11 is 0. The first-order valence-electron chi connectivity index (χ1n) is 11.5. The van der Waals surface area contributed by atoms with Gasteiger partial charge in [-0.1, -0.05) is 36.4 Å². The minimum atomic E-state index is -0.645. The molecule has 0 unspecified atom stereocenters. The van der Waals surface area contributed by atoms with Gasteiger partial charge in [-0.05, 0) is 42.8 Å². The largest absolute Gasteiger partial charge is 0.463 e. The number of amides is 3. The fourth-order valence-corrected chi connectivity index (χ4v) is 4.47. The summed E-state index contributed by atoms with van der Waals surface area (Å²) in [5, 5.41) is 13.1. The molecule has 2 aromatic heterocycles. The molecule has 0 radical (unpaired) electrons. The lowest BCUT2D eigenvalue weighted by Gasteiger charge is -2.10. The van der Waals surface area contributed by atoms with E-state index < -0.39 is 17.9 Å². The standard InChI is InChI=1S/C28H22N4O5/c1-17-22(21-9-5-6-10-24(21)31(17)15-19-8-4-3-7-18(19)14-29)13-23-26(33)32(28(35)30-23)16-20-11-12-25(37-20)27(34)36-2/h3-13H,15-16H2,1-2H3,(H,30,35). The Bertz CT molecular complexity index is 1640. The van der Waals surface area contributed by atoms with Crippen molar-refractivity contribution in [3.05, 3.63) is 100 Å². The third-order valence-electron chi connectivity index (χ3n) is 6.36. The first-order valence-corrected chi connectivity index (χ1v) is 11.5. The van der Waals surface area contributed by atoms with E-state index in [9.17, 15) is 19.6 Å². The minimum Gasteiger partial charge on any atom is -0.463 e. The monoisotopic (exact) mass is 494 g/mol. The van der Waals surface area contributed by atoms with Crippen LogP contribution in [-0.4, -0.2) is 34.5 Å². The first-order chi connectivity index (χ1) is 17.9. The molecule has 1 fully saturated rings. The number of esters is 1. The molecule has 0 saturated carbocycles. The highest BCUT2D eigenvalue weighted by atomic mass is 16.5. The summed E-state index contributed by atoms with van der Waals surface area (Å²) in [5.41, 5.74) is 4.24. The van der Waals surface area contributed by atoms with Crippen LogP contribution in [0.15, 0.2) is 70.8 Å². The highest BCUT2D eigenvalue weighted by Crippen LogP contribution is 2.30. The number of hydrogen-bond acceptors (Lipinski definition) is 6. The van der Waals surface area contributed by atoms with E-state index in [4.69, 9.17) is 4.42 Å². The average Bonchev–Trinajstić information content (AvgIpc) is 3.57. The van der Waals surface area contributed by atoms with E-state index in [1.807, 2.05) is 49.4 Å². The average molecular weight is 495 g/mol. The van der Waals surface area contributed by atoms with E-state index in [0.29, 0.717) is 12.1 Å². The van der Waals surface area contributed by atoms with E-state index in [1.165, 1.54) is 19.2 Å². The van der Waals surface area contributed by atoms with Gasteiger partial charge in [0, 0.05) is 28.7 Å². The van der Waals surface area contributed by atoms with Crippen LogP contribution in [0.25, 0.3) is 17.0 Å². The molecule has 0 atom stereocenters. The van der Waals surface area contributed by atoms with Crippen LogP contribution in [0.1, 0.15) is 38.7 Å². The van der Waals surface area contributed by atoms with Gasteiger partial charge in [0.1, 0.15) is 11.5 Å². The van der Waals surface area contributed by atoms with Crippen LogP contribution in [0.3, 0.4) is 0 Å². The molecular weight excluding hydrogens is 472 g/mol. The molecule has 9 heteroatoms. The van der Waals surface area contributed by atoms with Gasteiger partial charge >= 0.3 is 12.0 Å². The number of fused-ring (bicyclic) bond motifs is 1. The van der Waals surface area contributed by atoms with Gasteiger partial charge in [0.15, 0.2) is 0 Å². The van der Waals surface area contributed by atoms with E-state index in [1.54, 1.807) is 12.1 Å². The fraction of sp³-hybridized carbons (Fsp3) is 0.143. The summed E-state index contributed by atoms with van der Waals surface area (Å²) in [4.78, 5) is 38.4. The quantitative estimate of drug-likeness (QED) is 0.242. The van der Waals surface area contributed by atoms with Gasteiger partial charge in [0.05, 0.1) is 25.3 Å². The van der Waals surface area contributed by atoms with Crippen LogP contribution in [0.5, 0.6) is 0 Å². The Morgan fingerprint density at radius 2 is 1.84 bits per heavy atom. The van der Waals surface area contributed by atoms with E-state index in [2.05, 4.69) is 20.7 Å². The first kappa shape index (κ1) is 23.6. The Morgan fingerprint density at radius 1 is 1.08 bits per heavy atom. The number of methoxy groups -OCH3 is 1. The number of hydrogen-bond donors (Lipinski definition) is 1. The van der Waals surface area contributed by atoms with Gasteiger partial charge in [-0.25, -0.2) is 9.59 Å². The number of carbonyl (C=O) groups is 3. The number of imide groups is 1. The Labute approximate surface area is 212 Å². The molecule has 0 aliphatic carbocycles. The summed E-state index contributed by atoms with van der Waals surface area (Å²) < 4.78 is 12.1. The lowest BCUT2D eigenvalue weighted by Crippen LogP contribution is -2.30. The summed E-state index contributed by atoms with van der Waals surface area (Å²) in [7, 11) is 1.24. The van der Waals surface area contributed by atoms with E-state index in [-0.39, 0.29) is 23.8 Å². The molecular formula is C28H22N4O5. The number of rotatable bonds is 6. The van der Waals surface area contributed by atoms with Crippen LogP contribution in [-0.2, 0) is 22.6 Å². The normalized spacial score (nSPS) is 14.3. The Kier molecular flexibility index (Phi) is 6.07. The van der Waals surface area contributed by atoms with Crippen molar-refractivity contribution >= 4 is 34.9 Å². The highest BCUT2D eigenvalue weighted by Gasteiger charge is 2.35. The van der Waals surface area contributed by atoms with Crippen LogP contribution < -0.4 is 5.32 Å². The molecule has 1 saturated heterocycles. The summed E-state index contributed by atoms with van der Waals surface area (Å²) in [6.45, 7) is 2.29. The molecule has 184 valence electrons. The molecule has 1 aliphatic rings.